The summed E-state index contributed by atoms with van der Waals surface area (Å²) in [4.78, 5) is 26.1. The summed E-state index contributed by atoms with van der Waals surface area (Å²) in [6.07, 6.45) is 4.11. The molecule has 33 heavy (non-hydrogen) atoms. The van der Waals surface area contributed by atoms with Crippen LogP contribution in [-0.2, 0) is 0 Å². The fourth-order valence-corrected chi connectivity index (χ4v) is 5.21. The average molecular weight is 442 g/mol. The van der Waals surface area contributed by atoms with Gasteiger partial charge in [-0.05, 0) is 53.8 Å². The lowest BCUT2D eigenvalue weighted by molar-refractivity contribution is 0.0920. The molecule has 0 aromatic heterocycles. The maximum Gasteiger partial charge on any atom is 0.251 e. The number of ketones is 1. The molecule has 5 nitrogen and oxygen atoms in total. The van der Waals surface area contributed by atoms with E-state index in [1.807, 2.05) is 48.5 Å². The second-order valence-electron chi connectivity index (χ2n) is 8.72. The summed E-state index contributed by atoms with van der Waals surface area (Å²) >= 11 is 0. The van der Waals surface area contributed by atoms with Crippen LogP contribution in [-0.4, -0.2) is 32.0 Å². The number of fused-ring (bicyclic) bond motifs is 3. The number of benzene rings is 3. The Hall–Kier alpha value is -3.60. The van der Waals surface area contributed by atoms with Crippen molar-refractivity contribution in [1.29, 1.82) is 0 Å². The molecule has 3 aromatic carbocycles. The molecule has 0 radical (unpaired) electrons. The monoisotopic (exact) mass is 441 g/mol. The Labute approximate surface area is 193 Å². The molecule has 0 bridgehead atoms. The number of carbonyl (C=O) groups excluding carboxylic acids is 2. The van der Waals surface area contributed by atoms with E-state index in [0.717, 1.165) is 42.4 Å². The van der Waals surface area contributed by atoms with Crippen LogP contribution < -0.4 is 14.8 Å². The number of carbonyl (C=O) groups is 2. The molecule has 3 aromatic rings. The van der Waals surface area contributed by atoms with Crippen LogP contribution in [0.3, 0.4) is 0 Å². The lowest BCUT2D eigenvalue weighted by Crippen LogP contribution is -2.41. The van der Waals surface area contributed by atoms with Gasteiger partial charge in [0.2, 0.25) is 0 Å². The molecule has 5 rings (SSSR count). The molecule has 0 heterocycles. The van der Waals surface area contributed by atoms with Crippen molar-refractivity contribution in [1.82, 2.24) is 5.32 Å². The first kappa shape index (κ1) is 21.3. The maximum absolute atomic E-state index is 13.2. The molecule has 0 saturated heterocycles. The summed E-state index contributed by atoms with van der Waals surface area (Å²) in [5.74, 6) is 1.43. The van der Waals surface area contributed by atoms with Crippen LogP contribution in [0, 0.1) is 0 Å². The highest BCUT2D eigenvalue weighted by atomic mass is 16.5. The third-order valence-electron chi connectivity index (χ3n) is 6.91. The molecule has 1 saturated carbocycles. The summed E-state index contributed by atoms with van der Waals surface area (Å²) in [6.45, 7) is 0. The van der Waals surface area contributed by atoms with Crippen LogP contribution in [0.15, 0.2) is 60.7 Å². The predicted molar refractivity (Wildman–Crippen MR) is 127 cm³/mol. The minimum atomic E-state index is -0.140. The van der Waals surface area contributed by atoms with Crippen molar-refractivity contribution in [3.8, 4) is 22.6 Å². The molecular weight excluding hydrogens is 414 g/mol. The van der Waals surface area contributed by atoms with Gasteiger partial charge < -0.3 is 14.8 Å². The second kappa shape index (κ2) is 8.74. The molecule has 2 aliphatic rings. The van der Waals surface area contributed by atoms with Gasteiger partial charge in [-0.3, -0.25) is 9.59 Å². The molecular formula is C28H27NO4. The van der Waals surface area contributed by atoms with Gasteiger partial charge in [0.25, 0.3) is 5.91 Å². The molecule has 0 unspecified atom stereocenters. The van der Waals surface area contributed by atoms with E-state index in [9.17, 15) is 9.59 Å². The predicted octanol–water partition coefficient (Wildman–Crippen LogP) is 5.37. The van der Waals surface area contributed by atoms with Gasteiger partial charge in [0.05, 0.1) is 14.2 Å². The van der Waals surface area contributed by atoms with Crippen molar-refractivity contribution in [3.63, 3.8) is 0 Å². The summed E-state index contributed by atoms with van der Waals surface area (Å²) in [5, 5.41) is 3.25. The highest BCUT2D eigenvalue weighted by molar-refractivity contribution is 6.22. The van der Waals surface area contributed by atoms with E-state index < -0.39 is 0 Å². The number of methoxy groups -OCH3 is 2. The number of hydrogen-bond acceptors (Lipinski definition) is 4. The number of hydrogen-bond donors (Lipinski definition) is 1. The van der Waals surface area contributed by atoms with E-state index in [4.69, 9.17) is 9.47 Å². The molecule has 0 aliphatic heterocycles. The van der Waals surface area contributed by atoms with Gasteiger partial charge in [0.1, 0.15) is 0 Å². The summed E-state index contributed by atoms with van der Waals surface area (Å²) < 4.78 is 10.9. The lowest BCUT2D eigenvalue weighted by Gasteiger charge is -2.33. The van der Waals surface area contributed by atoms with E-state index in [2.05, 4.69) is 11.4 Å². The van der Waals surface area contributed by atoms with Crippen LogP contribution in [0.4, 0.5) is 0 Å². The van der Waals surface area contributed by atoms with E-state index >= 15 is 0 Å². The minimum absolute atomic E-state index is 0.0175. The number of amides is 1. The number of nitrogens with one attached hydrogen (secondary N) is 1. The van der Waals surface area contributed by atoms with Crippen LogP contribution in [0.2, 0.25) is 0 Å². The molecule has 1 fully saturated rings. The molecule has 2 atom stereocenters. The van der Waals surface area contributed by atoms with E-state index in [-0.39, 0.29) is 23.7 Å². The fourth-order valence-electron chi connectivity index (χ4n) is 5.21. The zero-order valence-corrected chi connectivity index (χ0v) is 18.9. The Balaban J connectivity index is 1.38. The van der Waals surface area contributed by atoms with Gasteiger partial charge in [-0.2, -0.15) is 0 Å². The Morgan fingerprint density at radius 2 is 1.55 bits per heavy atom. The molecule has 1 N–H and O–H groups in total. The second-order valence-corrected chi connectivity index (χ2v) is 8.72. The molecule has 0 spiro atoms. The van der Waals surface area contributed by atoms with Crippen LogP contribution in [0.5, 0.6) is 11.5 Å². The van der Waals surface area contributed by atoms with Crippen LogP contribution in [0.1, 0.15) is 63.4 Å². The zero-order chi connectivity index (χ0) is 22.9. The van der Waals surface area contributed by atoms with Gasteiger partial charge >= 0.3 is 0 Å². The van der Waals surface area contributed by atoms with Gasteiger partial charge in [0.15, 0.2) is 17.3 Å². The van der Waals surface area contributed by atoms with Gasteiger partial charge in [-0.25, -0.2) is 0 Å². The largest absolute Gasteiger partial charge is 0.493 e. The van der Waals surface area contributed by atoms with E-state index in [1.54, 1.807) is 20.3 Å². The third-order valence-corrected chi connectivity index (χ3v) is 6.91. The van der Waals surface area contributed by atoms with Crippen molar-refractivity contribution >= 4 is 11.7 Å². The van der Waals surface area contributed by atoms with Crippen molar-refractivity contribution in [3.05, 3.63) is 82.9 Å². The first-order valence-corrected chi connectivity index (χ1v) is 11.4. The lowest BCUT2D eigenvalue weighted by atomic mass is 9.79. The highest BCUT2D eigenvalue weighted by Crippen LogP contribution is 2.39. The standard InChI is InChI=1S/C28H27NO4/c1-32-25-14-12-17(16-26(25)33-2)19-7-5-6-10-24(19)29-28(31)18-11-13-21-20-8-3-4-9-22(20)27(30)23(21)15-18/h3-4,8-9,11-16,19,24H,5-7,10H2,1-2H3,(H,29,31)/t19-,24-/m1/s1. The summed E-state index contributed by atoms with van der Waals surface area (Å²) in [7, 11) is 3.26. The van der Waals surface area contributed by atoms with Crippen molar-refractivity contribution in [2.75, 3.05) is 14.2 Å². The normalized spacial score (nSPS) is 18.9. The first-order valence-electron chi connectivity index (χ1n) is 11.4. The van der Waals surface area contributed by atoms with Crippen LogP contribution in [0.25, 0.3) is 11.1 Å². The smallest absolute Gasteiger partial charge is 0.251 e. The number of ether oxygens (including phenoxy) is 2. The van der Waals surface area contributed by atoms with Gasteiger partial charge in [-0.1, -0.05) is 49.2 Å². The maximum atomic E-state index is 13.2. The molecule has 5 heteroatoms. The zero-order valence-electron chi connectivity index (χ0n) is 18.9. The molecule has 168 valence electrons. The average Bonchev–Trinajstić information content (AvgIpc) is 3.15. The Kier molecular flexibility index (Phi) is 5.63. The topological polar surface area (TPSA) is 64.6 Å². The fraction of sp³-hybridized carbons (Fsp3) is 0.286. The summed E-state index contributed by atoms with van der Waals surface area (Å²) in [5.41, 5.74) is 4.79. The van der Waals surface area contributed by atoms with E-state index in [0.29, 0.717) is 28.2 Å². The minimum Gasteiger partial charge on any atom is -0.493 e. The van der Waals surface area contributed by atoms with Crippen molar-refractivity contribution < 1.29 is 19.1 Å². The molecule has 2 aliphatic carbocycles. The Bertz CT molecular complexity index is 1230. The number of rotatable bonds is 5. The highest BCUT2D eigenvalue weighted by Gasteiger charge is 2.30. The first-order chi connectivity index (χ1) is 16.1. The van der Waals surface area contributed by atoms with Crippen molar-refractivity contribution in [2.24, 2.45) is 0 Å². The Morgan fingerprint density at radius 3 is 2.33 bits per heavy atom. The summed E-state index contributed by atoms with van der Waals surface area (Å²) in [6, 6.07) is 19.0. The van der Waals surface area contributed by atoms with Gasteiger partial charge in [-0.15, -0.1) is 0 Å². The van der Waals surface area contributed by atoms with Gasteiger partial charge in [0, 0.05) is 28.7 Å². The SMILES string of the molecule is COc1ccc([C@H]2CCCC[C@H]2NC(=O)c2ccc3c(c2)C(=O)c2ccccc2-3)cc1OC. The van der Waals surface area contributed by atoms with E-state index in [1.165, 1.54) is 0 Å². The van der Waals surface area contributed by atoms with Crippen LogP contribution >= 0.6 is 0 Å². The molecule has 1 amide bonds. The van der Waals surface area contributed by atoms with Crippen molar-refractivity contribution in [2.45, 2.75) is 37.6 Å². The Morgan fingerprint density at radius 1 is 0.818 bits per heavy atom. The quantitative estimate of drug-likeness (QED) is 0.452. The third kappa shape index (κ3) is 3.78.